The second kappa shape index (κ2) is 6.99. The van der Waals surface area contributed by atoms with Crippen LogP contribution in [0.2, 0.25) is 0 Å². The highest BCUT2D eigenvalue weighted by Crippen LogP contribution is 2.27. The maximum atomic E-state index is 12.7. The number of amides is 1. The van der Waals surface area contributed by atoms with Gasteiger partial charge >= 0.3 is 0 Å². The van der Waals surface area contributed by atoms with Crippen LogP contribution in [0.3, 0.4) is 0 Å². The van der Waals surface area contributed by atoms with Crippen molar-refractivity contribution in [2.75, 3.05) is 0 Å². The number of benzene rings is 2. The van der Waals surface area contributed by atoms with Gasteiger partial charge in [-0.05, 0) is 75.9 Å². The second-order valence-corrected chi connectivity index (χ2v) is 6.74. The summed E-state index contributed by atoms with van der Waals surface area (Å²) in [6.45, 7) is 12.5. The van der Waals surface area contributed by atoms with Gasteiger partial charge in [0, 0.05) is 17.6 Å². The Morgan fingerprint density at radius 3 is 1.74 bits per heavy atom. The van der Waals surface area contributed by atoms with Crippen LogP contribution in [-0.2, 0) is 0 Å². The van der Waals surface area contributed by atoms with Gasteiger partial charge < -0.3 is 4.90 Å². The lowest BCUT2D eigenvalue weighted by molar-refractivity contribution is 0.0644. The molecule has 0 unspecified atom stereocenters. The summed E-state index contributed by atoms with van der Waals surface area (Å²) in [5.41, 5.74) is 5.70. The largest absolute Gasteiger partial charge is 0.334 e. The molecule has 0 fully saturated rings. The zero-order valence-corrected chi connectivity index (χ0v) is 15.1. The number of hydrogen-bond donors (Lipinski definition) is 0. The van der Waals surface area contributed by atoms with Gasteiger partial charge in [-0.15, -0.1) is 0 Å². The first-order valence-corrected chi connectivity index (χ1v) is 8.32. The Bertz CT molecular complexity index is 655. The lowest BCUT2D eigenvalue weighted by Crippen LogP contribution is -2.42. The Morgan fingerprint density at radius 2 is 1.30 bits per heavy atom. The number of hydrogen-bond acceptors (Lipinski definition) is 1. The molecular weight excluding hydrogens is 282 g/mol. The molecule has 0 N–H and O–H groups in total. The molecule has 23 heavy (non-hydrogen) atoms. The van der Waals surface area contributed by atoms with Crippen LogP contribution < -0.4 is 0 Å². The minimum absolute atomic E-state index is 0.100. The zero-order valence-electron chi connectivity index (χ0n) is 15.1. The van der Waals surface area contributed by atoms with Crippen molar-refractivity contribution < 1.29 is 4.79 Å². The fourth-order valence-electron chi connectivity index (χ4n) is 3.26. The molecule has 2 rings (SSSR count). The van der Waals surface area contributed by atoms with Gasteiger partial charge in [-0.3, -0.25) is 4.79 Å². The number of rotatable bonds is 4. The summed E-state index contributed by atoms with van der Waals surface area (Å²) < 4.78 is 0. The summed E-state index contributed by atoms with van der Waals surface area (Å²) >= 11 is 0. The third-order valence-electron chi connectivity index (χ3n) is 4.25. The van der Waals surface area contributed by atoms with Gasteiger partial charge in [-0.1, -0.05) is 30.3 Å². The van der Waals surface area contributed by atoms with Gasteiger partial charge in [-0.2, -0.15) is 0 Å². The van der Waals surface area contributed by atoms with E-state index in [1.165, 1.54) is 16.7 Å². The number of carbonyl (C=O) groups excluding carboxylic acids is 1. The van der Waals surface area contributed by atoms with Crippen LogP contribution in [0.1, 0.15) is 49.2 Å². The smallest absolute Gasteiger partial charge is 0.254 e. The molecule has 1 amide bonds. The maximum Gasteiger partial charge on any atom is 0.254 e. The highest BCUT2D eigenvalue weighted by molar-refractivity contribution is 5.95. The van der Waals surface area contributed by atoms with Gasteiger partial charge in [0.2, 0.25) is 0 Å². The van der Waals surface area contributed by atoms with Gasteiger partial charge in [-0.25, -0.2) is 0 Å². The van der Waals surface area contributed by atoms with Crippen LogP contribution in [0.4, 0.5) is 0 Å². The first kappa shape index (κ1) is 17.3. The molecule has 0 aliphatic heterocycles. The Balaban J connectivity index is 2.35. The minimum atomic E-state index is 0.100. The molecule has 2 aromatic rings. The predicted molar refractivity (Wildman–Crippen MR) is 97.8 cm³/mol. The topological polar surface area (TPSA) is 20.3 Å². The summed E-state index contributed by atoms with van der Waals surface area (Å²) in [5.74, 6) is 0.100. The molecule has 2 heteroatoms. The van der Waals surface area contributed by atoms with Gasteiger partial charge in [0.25, 0.3) is 5.91 Å². The van der Waals surface area contributed by atoms with Gasteiger partial charge in [0.1, 0.15) is 0 Å². The van der Waals surface area contributed by atoms with Crippen molar-refractivity contribution in [1.82, 2.24) is 4.90 Å². The normalized spacial score (nSPS) is 11.1. The van der Waals surface area contributed by atoms with E-state index in [1.54, 1.807) is 0 Å². The van der Waals surface area contributed by atoms with Crippen LogP contribution in [0.15, 0.2) is 42.5 Å². The number of aryl methyl sites for hydroxylation is 2. The van der Waals surface area contributed by atoms with E-state index in [1.807, 2.05) is 17.0 Å². The summed E-state index contributed by atoms with van der Waals surface area (Å²) in [7, 11) is 0. The van der Waals surface area contributed by atoms with Crippen molar-refractivity contribution >= 4 is 5.91 Å². The number of carbonyl (C=O) groups is 1. The van der Waals surface area contributed by atoms with Crippen LogP contribution in [0.5, 0.6) is 0 Å². The third kappa shape index (κ3) is 3.64. The Morgan fingerprint density at radius 1 is 0.826 bits per heavy atom. The quantitative estimate of drug-likeness (QED) is 0.757. The van der Waals surface area contributed by atoms with Crippen LogP contribution >= 0.6 is 0 Å². The molecule has 0 heterocycles. The van der Waals surface area contributed by atoms with Crippen molar-refractivity contribution in [1.29, 1.82) is 0 Å². The zero-order chi connectivity index (χ0) is 17.1. The highest BCUT2D eigenvalue weighted by Gasteiger charge is 2.21. The van der Waals surface area contributed by atoms with Crippen molar-refractivity contribution in [3.63, 3.8) is 0 Å². The number of nitrogens with zero attached hydrogens (tertiary/aromatic N) is 1. The van der Waals surface area contributed by atoms with Crippen molar-refractivity contribution in [2.24, 2.45) is 0 Å². The lowest BCUT2D eigenvalue weighted by atomic mass is 9.95. The average Bonchev–Trinajstić information content (AvgIpc) is 2.47. The molecule has 2 nitrogen and oxygen atoms in total. The first-order chi connectivity index (χ1) is 10.8. The Hall–Kier alpha value is -2.09. The molecule has 0 atom stereocenters. The molecule has 0 bridgehead atoms. The van der Waals surface area contributed by atoms with E-state index in [4.69, 9.17) is 0 Å². The van der Waals surface area contributed by atoms with E-state index in [-0.39, 0.29) is 18.0 Å². The molecule has 122 valence electrons. The molecule has 2 aromatic carbocycles. The summed E-state index contributed by atoms with van der Waals surface area (Å²) in [6, 6.07) is 14.7. The molecular formula is C21H27NO. The second-order valence-electron chi connectivity index (χ2n) is 6.74. The van der Waals surface area contributed by atoms with Crippen molar-refractivity contribution in [2.45, 2.75) is 53.6 Å². The van der Waals surface area contributed by atoms with Crippen molar-refractivity contribution in [3.8, 4) is 11.1 Å². The fourth-order valence-corrected chi connectivity index (χ4v) is 3.26. The van der Waals surface area contributed by atoms with E-state index >= 15 is 0 Å². The van der Waals surface area contributed by atoms with E-state index < -0.39 is 0 Å². The molecule has 0 radical (unpaired) electrons. The lowest BCUT2D eigenvalue weighted by Gasteiger charge is -2.31. The standard InChI is InChI=1S/C21H27NO/c1-14(2)22(15(3)4)21(23)19-12-10-18(11-13-19)20-16(5)8-7-9-17(20)6/h7-15H,1-6H3. The molecule has 0 saturated carbocycles. The maximum absolute atomic E-state index is 12.7. The minimum Gasteiger partial charge on any atom is -0.334 e. The van der Waals surface area contributed by atoms with E-state index in [0.29, 0.717) is 0 Å². The van der Waals surface area contributed by atoms with Crippen molar-refractivity contribution in [3.05, 3.63) is 59.2 Å². The first-order valence-electron chi connectivity index (χ1n) is 8.32. The third-order valence-corrected chi connectivity index (χ3v) is 4.25. The summed E-state index contributed by atoms with van der Waals surface area (Å²) in [5, 5.41) is 0. The highest BCUT2D eigenvalue weighted by atomic mass is 16.2. The predicted octanol–water partition coefficient (Wildman–Crippen LogP) is 5.23. The Labute approximate surface area is 140 Å². The molecule has 0 aliphatic rings. The van der Waals surface area contributed by atoms with E-state index in [9.17, 15) is 4.79 Å². The fraction of sp³-hybridized carbons (Fsp3) is 0.381. The summed E-state index contributed by atoms with van der Waals surface area (Å²) in [4.78, 5) is 14.7. The summed E-state index contributed by atoms with van der Waals surface area (Å²) in [6.07, 6.45) is 0. The van der Waals surface area contributed by atoms with E-state index in [2.05, 4.69) is 71.9 Å². The van der Waals surface area contributed by atoms with Gasteiger partial charge in [0.05, 0.1) is 0 Å². The molecule has 0 saturated heterocycles. The molecule has 0 aliphatic carbocycles. The van der Waals surface area contributed by atoms with Gasteiger partial charge in [0.15, 0.2) is 0 Å². The van der Waals surface area contributed by atoms with E-state index in [0.717, 1.165) is 11.1 Å². The molecule has 0 spiro atoms. The van der Waals surface area contributed by atoms with Crippen LogP contribution in [0, 0.1) is 13.8 Å². The Kier molecular flexibility index (Phi) is 5.25. The SMILES string of the molecule is Cc1cccc(C)c1-c1ccc(C(=O)N(C(C)C)C(C)C)cc1. The van der Waals surface area contributed by atoms with Crippen LogP contribution in [-0.4, -0.2) is 22.9 Å². The average molecular weight is 309 g/mol. The molecule has 0 aromatic heterocycles. The monoisotopic (exact) mass is 309 g/mol. The van der Waals surface area contributed by atoms with Crippen LogP contribution in [0.25, 0.3) is 11.1 Å².